The lowest BCUT2D eigenvalue weighted by Crippen LogP contribution is -2.57. The van der Waals surface area contributed by atoms with E-state index in [0.717, 1.165) is 93.5 Å². The summed E-state index contributed by atoms with van der Waals surface area (Å²) in [5, 5.41) is 7.21. The molecule has 2 fully saturated rings. The van der Waals surface area contributed by atoms with Crippen LogP contribution >= 0.6 is 0 Å². The summed E-state index contributed by atoms with van der Waals surface area (Å²) < 4.78 is 11.4. The maximum Gasteiger partial charge on any atom is 0.209 e. The number of amidine groups is 1. The largest absolute Gasteiger partial charge is 0.493 e. The molecule has 0 bridgehead atoms. The number of hydrogen-bond acceptors (Lipinski definition) is 6. The third-order valence-corrected chi connectivity index (χ3v) is 7.26. The molecule has 3 aliphatic rings. The van der Waals surface area contributed by atoms with E-state index in [0.29, 0.717) is 24.3 Å². The van der Waals surface area contributed by atoms with Crippen LogP contribution in [0, 0.1) is 11.8 Å². The summed E-state index contributed by atoms with van der Waals surface area (Å²) in [7, 11) is 1.71. The molecule has 0 aromatic heterocycles. The Bertz CT molecular complexity index is 951. The van der Waals surface area contributed by atoms with Crippen LogP contribution < -0.4 is 10.6 Å². The molecule has 0 aromatic rings. The van der Waals surface area contributed by atoms with Gasteiger partial charge in [-0.3, -0.25) is 4.79 Å². The van der Waals surface area contributed by atoms with Crippen molar-refractivity contribution in [1.82, 2.24) is 15.5 Å². The summed E-state index contributed by atoms with van der Waals surface area (Å²) in [6, 6.07) is 0.409. The van der Waals surface area contributed by atoms with Crippen molar-refractivity contribution < 1.29 is 14.3 Å². The first kappa shape index (κ1) is 28.9. The van der Waals surface area contributed by atoms with E-state index in [1.807, 2.05) is 19.9 Å². The van der Waals surface area contributed by atoms with Gasteiger partial charge in [-0.05, 0) is 70.4 Å². The molecular weight excluding hydrogens is 466 g/mol. The molecule has 8 heteroatoms. The Morgan fingerprint density at radius 2 is 2.11 bits per heavy atom. The second kappa shape index (κ2) is 14.9. The van der Waals surface area contributed by atoms with Crippen molar-refractivity contribution in [2.45, 2.75) is 65.8 Å². The van der Waals surface area contributed by atoms with Gasteiger partial charge in [-0.25, -0.2) is 9.98 Å². The highest BCUT2D eigenvalue weighted by atomic mass is 16.5. The Kier molecular flexibility index (Phi) is 11.6. The van der Waals surface area contributed by atoms with Crippen LogP contribution in [0.1, 0.15) is 59.8 Å². The van der Waals surface area contributed by atoms with Gasteiger partial charge >= 0.3 is 0 Å². The van der Waals surface area contributed by atoms with Crippen molar-refractivity contribution in [3.05, 3.63) is 47.2 Å². The van der Waals surface area contributed by atoms with Crippen molar-refractivity contribution >= 4 is 18.0 Å². The van der Waals surface area contributed by atoms with Gasteiger partial charge in [0.15, 0.2) is 11.6 Å². The fourth-order valence-corrected chi connectivity index (χ4v) is 5.05. The van der Waals surface area contributed by atoms with Gasteiger partial charge in [0.25, 0.3) is 0 Å². The SMILES string of the molecule is C\C=C/N=C(N=C1CC=C(C(CC)CCNC2CN(C=O)C2)NC(C)=C1OC)\C(C)=C\C1CCOCC1. The average molecular weight is 512 g/mol. The summed E-state index contributed by atoms with van der Waals surface area (Å²) in [6.45, 7) is 12.5. The number of nitrogens with zero attached hydrogens (tertiary/aromatic N) is 3. The molecule has 0 aromatic carbocycles. The summed E-state index contributed by atoms with van der Waals surface area (Å²) in [5.41, 5.74) is 4.13. The third kappa shape index (κ3) is 8.40. The monoisotopic (exact) mass is 511 g/mol. The Labute approximate surface area is 222 Å². The lowest BCUT2D eigenvalue weighted by atomic mass is 9.96. The molecule has 0 saturated carbocycles. The van der Waals surface area contributed by atoms with Gasteiger partial charge < -0.3 is 25.0 Å². The van der Waals surface area contributed by atoms with Gasteiger partial charge in [0.05, 0.1) is 18.5 Å². The molecule has 1 unspecified atom stereocenters. The van der Waals surface area contributed by atoms with E-state index in [9.17, 15) is 4.79 Å². The molecule has 3 heterocycles. The molecule has 2 N–H and O–H groups in total. The number of amides is 1. The summed E-state index contributed by atoms with van der Waals surface area (Å²) in [5.74, 6) is 2.38. The second-order valence-electron chi connectivity index (χ2n) is 10.0. The molecule has 204 valence electrons. The van der Waals surface area contributed by atoms with Crippen LogP contribution in [0.4, 0.5) is 0 Å². The molecule has 0 radical (unpaired) electrons. The van der Waals surface area contributed by atoms with Crippen molar-refractivity contribution in [2.24, 2.45) is 21.8 Å². The van der Waals surface area contributed by atoms with Crippen molar-refractivity contribution in [3.8, 4) is 0 Å². The minimum absolute atomic E-state index is 0.397. The van der Waals surface area contributed by atoms with Gasteiger partial charge in [-0.2, -0.15) is 0 Å². The number of allylic oxidation sites excluding steroid dienone is 6. The summed E-state index contributed by atoms with van der Waals surface area (Å²) in [6.07, 6.45) is 14.0. The molecule has 2 saturated heterocycles. The lowest BCUT2D eigenvalue weighted by Gasteiger charge is -2.37. The van der Waals surface area contributed by atoms with E-state index >= 15 is 0 Å². The number of hydrogen-bond donors (Lipinski definition) is 2. The van der Waals surface area contributed by atoms with Crippen molar-refractivity contribution in [2.75, 3.05) is 40.0 Å². The molecule has 8 nitrogen and oxygen atoms in total. The number of rotatable bonds is 11. The lowest BCUT2D eigenvalue weighted by molar-refractivity contribution is -0.122. The van der Waals surface area contributed by atoms with Crippen LogP contribution in [0.3, 0.4) is 0 Å². The van der Waals surface area contributed by atoms with E-state index in [1.165, 1.54) is 5.70 Å². The van der Waals surface area contributed by atoms with E-state index in [2.05, 4.69) is 41.6 Å². The molecule has 3 rings (SSSR count). The van der Waals surface area contributed by atoms with Crippen LogP contribution in [0.2, 0.25) is 0 Å². The predicted octanol–water partition coefficient (Wildman–Crippen LogP) is 4.33. The number of aliphatic imine (C=N–C) groups is 2. The highest BCUT2D eigenvalue weighted by Crippen LogP contribution is 2.25. The van der Waals surface area contributed by atoms with E-state index in [4.69, 9.17) is 14.5 Å². The summed E-state index contributed by atoms with van der Waals surface area (Å²) in [4.78, 5) is 22.3. The number of likely N-dealkylation sites (tertiary alicyclic amines) is 1. The van der Waals surface area contributed by atoms with Crippen molar-refractivity contribution in [1.29, 1.82) is 0 Å². The van der Waals surface area contributed by atoms with Crippen molar-refractivity contribution in [3.63, 3.8) is 0 Å². The molecule has 1 atom stereocenters. The Morgan fingerprint density at radius 1 is 1.35 bits per heavy atom. The highest BCUT2D eigenvalue weighted by Gasteiger charge is 2.25. The number of ether oxygens (including phenoxy) is 2. The van der Waals surface area contributed by atoms with Crippen LogP contribution in [0.15, 0.2) is 57.1 Å². The Hall–Kier alpha value is -2.71. The smallest absolute Gasteiger partial charge is 0.209 e. The van der Waals surface area contributed by atoms with Gasteiger partial charge in [0.1, 0.15) is 0 Å². The fourth-order valence-electron chi connectivity index (χ4n) is 5.05. The number of nitrogens with one attached hydrogen (secondary N) is 2. The Morgan fingerprint density at radius 3 is 2.76 bits per heavy atom. The first-order chi connectivity index (χ1) is 18.0. The molecule has 37 heavy (non-hydrogen) atoms. The zero-order chi connectivity index (χ0) is 26.6. The van der Waals surface area contributed by atoms with Gasteiger partial charge in [-0.15, -0.1) is 0 Å². The molecule has 1 amide bonds. The topological polar surface area (TPSA) is 87.6 Å². The first-order valence-electron chi connectivity index (χ1n) is 13.7. The van der Waals surface area contributed by atoms with Gasteiger partial charge in [-0.1, -0.05) is 25.2 Å². The second-order valence-corrected chi connectivity index (χ2v) is 10.0. The maximum atomic E-state index is 10.8. The van der Waals surface area contributed by atoms with Crippen LogP contribution in [0.5, 0.6) is 0 Å². The standard InChI is InChI=1S/C29H45N5O3/c1-6-13-31-29(21(3)17-23-11-15-37-16-12-23)33-27-9-8-26(32-22(4)28(27)36-5)24(7-2)10-14-30-25-18-34(19-25)20-35/h6,8,13,17,20,23-25,30,32H,7,9-12,14-16,18-19H2,1-5H3/b13-6-,21-17+,31-29+,33-27?. The van der Waals surface area contributed by atoms with E-state index < -0.39 is 0 Å². The molecular formula is C29H45N5O3. The van der Waals surface area contributed by atoms with E-state index in [1.54, 1.807) is 18.2 Å². The molecule has 0 aliphatic carbocycles. The van der Waals surface area contributed by atoms with Gasteiger partial charge in [0, 0.05) is 50.7 Å². The van der Waals surface area contributed by atoms with Gasteiger partial charge in [0.2, 0.25) is 6.41 Å². The zero-order valence-electron chi connectivity index (χ0n) is 23.3. The number of carbonyl (C=O) groups is 1. The predicted molar refractivity (Wildman–Crippen MR) is 150 cm³/mol. The number of carbonyl (C=O) groups excluding carboxylic acids is 1. The Balaban J connectivity index is 1.76. The first-order valence-corrected chi connectivity index (χ1v) is 13.7. The summed E-state index contributed by atoms with van der Waals surface area (Å²) >= 11 is 0. The minimum Gasteiger partial charge on any atom is -0.493 e. The minimum atomic E-state index is 0.397. The highest BCUT2D eigenvalue weighted by molar-refractivity contribution is 6.12. The molecule has 3 aliphatic heterocycles. The molecule has 0 spiro atoms. The quantitative estimate of drug-likeness (QED) is 0.245. The van der Waals surface area contributed by atoms with Crippen LogP contribution in [-0.4, -0.2) is 68.9 Å². The zero-order valence-corrected chi connectivity index (χ0v) is 23.3. The average Bonchev–Trinajstić information content (AvgIpc) is 3.03. The van der Waals surface area contributed by atoms with Crippen LogP contribution in [0.25, 0.3) is 0 Å². The normalized spacial score (nSPS) is 22.6. The maximum absolute atomic E-state index is 10.8. The number of methoxy groups -OCH3 is 1. The third-order valence-electron chi connectivity index (χ3n) is 7.26. The van der Waals surface area contributed by atoms with Crippen LogP contribution in [-0.2, 0) is 14.3 Å². The fraction of sp³-hybridized carbons (Fsp3) is 0.621. The van der Waals surface area contributed by atoms with E-state index in [-0.39, 0.29) is 0 Å².